The number of hydrogen-bond acceptors (Lipinski definition) is 2. The number of rotatable bonds is 3. The molecule has 0 bridgehead atoms. The van der Waals surface area contributed by atoms with E-state index < -0.39 is 18.8 Å². The van der Waals surface area contributed by atoms with Gasteiger partial charge in [-0.05, 0) is 30.0 Å². The summed E-state index contributed by atoms with van der Waals surface area (Å²) < 4.78 is 37.5. The zero-order valence-corrected chi connectivity index (χ0v) is 11.1. The van der Waals surface area contributed by atoms with Gasteiger partial charge in [0.1, 0.15) is 0 Å². The largest absolute Gasteiger partial charge is 0.415 e. The number of alkyl halides is 3. The Morgan fingerprint density at radius 2 is 2.17 bits per heavy atom. The van der Waals surface area contributed by atoms with Crippen LogP contribution in [0.4, 0.5) is 13.2 Å². The Labute approximate surface area is 111 Å². The molecule has 0 radical (unpaired) electrons. The predicted molar refractivity (Wildman–Crippen MR) is 65.3 cm³/mol. The fraction of sp³-hybridized carbons (Fsp3) is 0.500. The van der Waals surface area contributed by atoms with Gasteiger partial charge in [0.25, 0.3) is 0 Å². The van der Waals surface area contributed by atoms with E-state index >= 15 is 0 Å². The molecule has 2 nitrogen and oxygen atoms in total. The van der Waals surface area contributed by atoms with Crippen LogP contribution in [0, 0.1) is 0 Å². The Hall–Kier alpha value is -0.590. The van der Waals surface area contributed by atoms with Crippen LogP contribution < -0.4 is 5.32 Å². The van der Waals surface area contributed by atoms with E-state index in [1.807, 2.05) is 18.2 Å². The van der Waals surface area contributed by atoms with E-state index in [9.17, 15) is 13.2 Å². The van der Waals surface area contributed by atoms with Gasteiger partial charge in [0.2, 0.25) is 0 Å². The summed E-state index contributed by atoms with van der Waals surface area (Å²) in [6.45, 7) is -0.472. The monoisotopic (exact) mass is 323 g/mol. The van der Waals surface area contributed by atoms with Gasteiger partial charge < -0.3 is 10.4 Å². The maximum Gasteiger partial charge on any atom is 0.415 e. The highest BCUT2D eigenvalue weighted by Crippen LogP contribution is 2.35. The molecule has 1 aromatic rings. The predicted octanol–water partition coefficient (Wildman–Crippen LogP) is 2.95. The van der Waals surface area contributed by atoms with Crippen LogP contribution in [0.25, 0.3) is 0 Å². The molecule has 0 amide bonds. The second kappa shape index (κ2) is 5.19. The smallest absolute Gasteiger partial charge is 0.382 e. The Balaban J connectivity index is 2.01. The molecule has 1 aromatic carbocycles. The zero-order chi connectivity index (χ0) is 13.3. The van der Waals surface area contributed by atoms with E-state index in [2.05, 4.69) is 21.2 Å². The van der Waals surface area contributed by atoms with Crippen molar-refractivity contribution in [2.24, 2.45) is 0 Å². The average molecular weight is 324 g/mol. The van der Waals surface area contributed by atoms with Crippen molar-refractivity contribution >= 4 is 15.9 Å². The van der Waals surface area contributed by atoms with Crippen molar-refractivity contribution in [2.75, 3.05) is 6.54 Å². The molecule has 0 aromatic heterocycles. The molecule has 0 heterocycles. The Kier molecular flexibility index (Phi) is 3.99. The first-order valence-corrected chi connectivity index (χ1v) is 6.44. The molecule has 1 aliphatic rings. The molecular weight excluding hydrogens is 311 g/mol. The number of aliphatic hydroxyl groups is 1. The normalized spacial score (nSPS) is 20.8. The number of benzene rings is 1. The molecule has 0 saturated carbocycles. The van der Waals surface area contributed by atoms with E-state index in [1.54, 1.807) is 0 Å². The van der Waals surface area contributed by atoms with Crippen LogP contribution in [0.1, 0.15) is 23.6 Å². The molecule has 6 heteroatoms. The van der Waals surface area contributed by atoms with Gasteiger partial charge in [-0.2, -0.15) is 13.2 Å². The van der Waals surface area contributed by atoms with Crippen LogP contribution in [-0.4, -0.2) is 23.9 Å². The summed E-state index contributed by atoms with van der Waals surface area (Å²) in [7, 11) is 0. The van der Waals surface area contributed by atoms with E-state index in [4.69, 9.17) is 5.11 Å². The lowest BCUT2D eigenvalue weighted by molar-refractivity contribution is -0.202. The van der Waals surface area contributed by atoms with E-state index in [-0.39, 0.29) is 6.04 Å². The van der Waals surface area contributed by atoms with Gasteiger partial charge in [0.15, 0.2) is 6.10 Å². The van der Waals surface area contributed by atoms with Gasteiger partial charge in [-0.15, -0.1) is 0 Å². The maximum absolute atomic E-state index is 12.2. The van der Waals surface area contributed by atoms with Gasteiger partial charge in [-0.1, -0.05) is 28.1 Å². The molecule has 2 N–H and O–H groups in total. The molecule has 0 saturated heterocycles. The molecule has 0 aliphatic heterocycles. The van der Waals surface area contributed by atoms with Gasteiger partial charge >= 0.3 is 6.18 Å². The summed E-state index contributed by atoms with van der Waals surface area (Å²) in [6, 6.07) is 5.58. The van der Waals surface area contributed by atoms with E-state index in [1.165, 1.54) is 0 Å². The van der Waals surface area contributed by atoms with Crippen molar-refractivity contribution < 1.29 is 18.3 Å². The maximum atomic E-state index is 12.2. The van der Waals surface area contributed by atoms with Crippen LogP contribution in [0.5, 0.6) is 0 Å². The number of aliphatic hydroxyl groups excluding tert-OH is 1. The minimum Gasteiger partial charge on any atom is -0.382 e. The van der Waals surface area contributed by atoms with E-state index in [0.717, 1.165) is 28.4 Å². The van der Waals surface area contributed by atoms with Crippen LogP contribution in [0.2, 0.25) is 0 Å². The average Bonchev–Trinajstić information content (AvgIpc) is 2.69. The van der Waals surface area contributed by atoms with Crippen molar-refractivity contribution in [3.05, 3.63) is 33.8 Å². The number of fused-ring (bicyclic) bond motifs is 1. The third kappa shape index (κ3) is 2.87. The number of hydrogen-bond donors (Lipinski definition) is 2. The molecule has 2 unspecified atom stereocenters. The van der Waals surface area contributed by atoms with Crippen molar-refractivity contribution in [1.82, 2.24) is 5.32 Å². The molecule has 0 spiro atoms. The van der Waals surface area contributed by atoms with Crippen molar-refractivity contribution in [3.8, 4) is 0 Å². The minimum absolute atomic E-state index is 0.116. The molecule has 100 valence electrons. The van der Waals surface area contributed by atoms with Crippen LogP contribution >= 0.6 is 15.9 Å². The van der Waals surface area contributed by atoms with Crippen molar-refractivity contribution in [1.29, 1.82) is 0 Å². The highest BCUT2D eigenvalue weighted by Gasteiger charge is 2.38. The third-order valence-electron chi connectivity index (χ3n) is 3.15. The van der Waals surface area contributed by atoms with Crippen molar-refractivity contribution in [3.63, 3.8) is 0 Å². The first kappa shape index (κ1) is 13.8. The molecule has 2 atom stereocenters. The molecule has 0 fully saturated rings. The fourth-order valence-corrected chi connectivity index (χ4v) is 2.77. The summed E-state index contributed by atoms with van der Waals surface area (Å²) >= 11 is 3.43. The van der Waals surface area contributed by atoms with E-state index in [0.29, 0.717) is 0 Å². The van der Waals surface area contributed by atoms with Crippen molar-refractivity contribution in [2.45, 2.75) is 31.2 Å². The number of halogens is 4. The zero-order valence-electron chi connectivity index (χ0n) is 9.47. The molecule has 18 heavy (non-hydrogen) atoms. The van der Waals surface area contributed by atoms with Crippen LogP contribution in [0.3, 0.4) is 0 Å². The highest BCUT2D eigenvalue weighted by molar-refractivity contribution is 9.10. The lowest BCUT2D eigenvalue weighted by Crippen LogP contribution is -2.39. The quantitative estimate of drug-likeness (QED) is 0.896. The fourth-order valence-electron chi connectivity index (χ4n) is 2.19. The summed E-state index contributed by atoms with van der Waals surface area (Å²) in [5.74, 6) is 0. The van der Waals surface area contributed by atoms with Gasteiger partial charge in [0, 0.05) is 17.1 Å². The summed E-state index contributed by atoms with van der Waals surface area (Å²) in [5, 5.41) is 11.7. The van der Waals surface area contributed by atoms with Gasteiger partial charge in [-0.3, -0.25) is 0 Å². The highest BCUT2D eigenvalue weighted by atomic mass is 79.9. The summed E-state index contributed by atoms with van der Waals surface area (Å²) in [5.41, 5.74) is 2.15. The summed E-state index contributed by atoms with van der Waals surface area (Å²) in [6.07, 6.45) is -5.29. The summed E-state index contributed by atoms with van der Waals surface area (Å²) in [4.78, 5) is 0. The standard InChI is InChI=1S/C12H13BrF3NO/c13-9-3-1-2-8-7(9)4-5-10(8)17-6-11(18)12(14,15)16/h1-3,10-11,17-18H,4-6H2. The number of nitrogens with one attached hydrogen (secondary N) is 1. The topological polar surface area (TPSA) is 32.3 Å². The van der Waals surface area contributed by atoms with Gasteiger partial charge in [-0.25, -0.2) is 0 Å². The lowest BCUT2D eigenvalue weighted by Gasteiger charge is -2.19. The Morgan fingerprint density at radius 1 is 1.44 bits per heavy atom. The third-order valence-corrected chi connectivity index (χ3v) is 3.89. The van der Waals surface area contributed by atoms with Gasteiger partial charge in [0.05, 0.1) is 0 Å². The molecule has 2 rings (SSSR count). The molecular formula is C12H13BrF3NO. The first-order chi connectivity index (χ1) is 8.39. The van der Waals surface area contributed by atoms with Crippen LogP contribution in [0.15, 0.2) is 22.7 Å². The first-order valence-electron chi connectivity index (χ1n) is 5.65. The second-order valence-corrected chi connectivity index (χ2v) is 5.22. The lowest BCUT2D eigenvalue weighted by atomic mass is 10.1. The minimum atomic E-state index is -4.56. The Morgan fingerprint density at radius 3 is 2.83 bits per heavy atom. The van der Waals surface area contributed by atoms with Crippen LogP contribution in [-0.2, 0) is 6.42 Å². The second-order valence-electron chi connectivity index (χ2n) is 4.36. The Bertz CT molecular complexity index is 436. The SMILES string of the molecule is OC(CNC1CCc2c(Br)cccc21)C(F)(F)F. The molecule has 1 aliphatic carbocycles.